The number of aliphatic hydroxyl groups excluding tert-OH is 1. The molecular weight excluding hydrogens is 378 g/mol. The third-order valence-electron chi connectivity index (χ3n) is 2.85. The predicted octanol–water partition coefficient (Wildman–Crippen LogP) is 3.53. The fourth-order valence-electron chi connectivity index (χ4n) is 1.61. The molecule has 2 unspecified atom stereocenters. The van der Waals surface area contributed by atoms with Crippen LogP contribution in [0.2, 0.25) is 0 Å². The van der Waals surface area contributed by atoms with E-state index in [1.165, 1.54) is 0 Å². The number of rotatable bonds is 4. The summed E-state index contributed by atoms with van der Waals surface area (Å²) in [5, 5.41) is 13.7. The zero-order chi connectivity index (χ0) is 14.0. The summed E-state index contributed by atoms with van der Waals surface area (Å²) in [5.41, 5.74) is 0.608. The predicted molar refractivity (Wildman–Crippen MR) is 77.6 cm³/mol. The van der Waals surface area contributed by atoms with E-state index in [-0.39, 0.29) is 5.92 Å². The van der Waals surface area contributed by atoms with Gasteiger partial charge in [-0.1, -0.05) is 19.0 Å². The van der Waals surface area contributed by atoms with Gasteiger partial charge in [0.15, 0.2) is 0 Å². The van der Waals surface area contributed by atoms with Crippen LogP contribution in [0.25, 0.3) is 11.5 Å². The molecule has 0 amide bonds. The van der Waals surface area contributed by atoms with Crippen LogP contribution >= 0.6 is 31.9 Å². The molecule has 2 heterocycles. The van der Waals surface area contributed by atoms with E-state index >= 15 is 0 Å². The highest BCUT2D eigenvalue weighted by Gasteiger charge is 2.22. The summed E-state index contributed by atoms with van der Waals surface area (Å²) in [5.74, 6) is 0.631. The third kappa shape index (κ3) is 3.21. The van der Waals surface area contributed by atoms with E-state index < -0.39 is 6.10 Å². The second-order valence-electron chi connectivity index (χ2n) is 4.20. The highest BCUT2D eigenvalue weighted by molar-refractivity contribution is 9.11. The van der Waals surface area contributed by atoms with Crippen LogP contribution in [0.1, 0.15) is 32.1 Å². The molecule has 0 bridgehead atoms. The zero-order valence-corrected chi connectivity index (χ0v) is 13.6. The van der Waals surface area contributed by atoms with Crippen molar-refractivity contribution in [3.8, 4) is 11.5 Å². The molecule has 0 aliphatic rings. The molecule has 5 nitrogen and oxygen atoms in total. The largest absolute Gasteiger partial charge is 0.392 e. The van der Waals surface area contributed by atoms with Crippen molar-refractivity contribution in [2.45, 2.75) is 32.3 Å². The van der Waals surface area contributed by atoms with E-state index in [1.807, 2.05) is 19.9 Å². The quantitative estimate of drug-likeness (QED) is 0.864. The molecule has 0 saturated heterocycles. The van der Waals surface area contributed by atoms with Gasteiger partial charge in [0.2, 0.25) is 11.7 Å². The van der Waals surface area contributed by atoms with Crippen LogP contribution in [-0.2, 0) is 0 Å². The Morgan fingerprint density at radius 3 is 2.79 bits per heavy atom. The second-order valence-corrected chi connectivity index (χ2v) is 5.97. The minimum atomic E-state index is -0.491. The highest BCUT2D eigenvalue weighted by Crippen LogP contribution is 2.28. The first-order valence-electron chi connectivity index (χ1n) is 5.86. The maximum atomic E-state index is 9.79. The molecule has 0 saturated carbocycles. The standard InChI is InChI=1S/C12H13Br2N3O2/c1-3-9(18)6(2)12-16-11(17-19-12)10-8(14)4-7(13)5-15-10/h4-6,9,18H,3H2,1-2H3. The lowest BCUT2D eigenvalue weighted by molar-refractivity contribution is 0.129. The summed E-state index contributed by atoms with van der Waals surface area (Å²) in [6.07, 6.45) is 1.81. The van der Waals surface area contributed by atoms with E-state index in [1.54, 1.807) is 6.20 Å². The van der Waals surface area contributed by atoms with Crippen molar-refractivity contribution in [2.75, 3.05) is 0 Å². The van der Waals surface area contributed by atoms with Gasteiger partial charge in [0.25, 0.3) is 0 Å². The number of hydrogen-bond donors (Lipinski definition) is 1. The molecule has 0 aromatic carbocycles. The van der Waals surface area contributed by atoms with Gasteiger partial charge in [-0.25, -0.2) is 0 Å². The molecule has 1 N–H and O–H groups in total. The molecule has 0 aliphatic heterocycles. The number of aromatic nitrogens is 3. The summed E-state index contributed by atoms with van der Waals surface area (Å²) in [6, 6.07) is 1.86. The Morgan fingerprint density at radius 1 is 1.42 bits per heavy atom. The molecule has 2 atom stereocenters. The average Bonchev–Trinajstić information content (AvgIpc) is 2.86. The van der Waals surface area contributed by atoms with Crippen molar-refractivity contribution in [1.29, 1.82) is 0 Å². The van der Waals surface area contributed by atoms with Crippen LogP contribution in [0.15, 0.2) is 25.7 Å². The summed E-state index contributed by atoms with van der Waals surface area (Å²) in [7, 11) is 0. The lowest BCUT2D eigenvalue weighted by Gasteiger charge is -2.11. The van der Waals surface area contributed by atoms with Gasteiger partial charge in [-0.2, -0.15) is 4.98 Å². The fraction of sp³-hybridized carbons (Fsp3) is 0.417. The maximum Gasteiger partial charge on any atom is 0.232 e. The number of halogens is 2. The summed E-state index contributed by atoms with van der Waals surface area (Å²) < 4.78 is 6.83. The minimum absolute atomic E-state index is 0.194. The molecule has 102 valence electrons. The topological polar surface area (TPSA) is 72.0 Å². The SMILES string of the molecule is CCC(O)C(C)c1nc(-c2ncc(Br)cc2Br)no1. The van der Waals surface area contributed by atoms with Gasteiger partial charge in [-0.05, 0) is 44.3 Å². The van der Waals surface area contributed by atoms with Gasteiger partial charge in [-0.3, -0.25) is 4.98 Å². The lowest BCUT2D eigenvalue weighted by atomic mass is 10.0. The molecule has 0 aliphatic carbocycles. The van der Waals surface area contributed by atoms with Crippen molar-refractivity contribution in [3.05, 3.63) is 27.1 Å². The Hall–Kier alpha value is -0.790. The Labute approximate surface area is 127 Å². The van der Waals surface area contributed by atoms with Gasteiger partial charge < -0.3 is 9.63 Å². The molecule has 19 heavy (non-hydrogen) atoms. The molecule has 2 rings (SSSR count). The van der Waals surface area contributed by atoms with Crippen LogP contribution in [0, 0.1) is 0 Å². The second kappa shape index (κ2) is 6.11. The van der Waals surface area contributed by atoms with Crippen LogP contribution in [-0.4, -0.2) is 26.3 Å². The minimum Gasteiger partial charge on any atom is -0.392 e. The molecule has 7 heteroatoms. The molecule has 2 aromatic rings. The van der Waals surface area contributed by atoms with Crippen LogP contribution in [0.3, 0.4) is 0 Å². The number of nitrogens with zero attached hydrogens (tertiary/aromatic N) is 3. The molecule has 0 spiro atoms. The first-order valence-corrected chi connectivity index (χ1v) is 7.44. The zero-order valence-electron chi connectivity index (χ0n) is 10.5. The Bertz CT molecular complexity index is 574. The lowest BCUT2D eigenvalue weighted by Crippen LogP contribution is -2.14. The van der Waals surface area contributed by atoms with Gasteiger partial charge >= 0.3 is 0 Å². The summed E-state index contributed by atoms with van der Waals surface area (Å²) in [6.45, 7) is 3.76. The van der Waals surface area contributed by atoms with Crippen molar-refractivity contribution in [3.63, 3.8) is 0 Å². The van der Waals surface area contributed by atoms with Crippen LogP contribution in [0.4, 0.5) is 0 Å². The van der Waals surface area contributed by atoms with Gasteiger partial charge in [0.05, 0.1) is 12.0 Å². The normalized spacial score (nSPS) is 14.4. The maximum absolute atomic E-state index is 9.79. The van der Waals surface area contributed by atoms with Gasteiger partial charge in [0, 0.05) is 15.1 Å². The number of hydrogen-bond acceptors (Lipinski definition) is 5. The van der Waals surface area contributed by atoms with E-state index in [0.29, 0.717) is 23.8 Å². The van der Waals surface area contributed by atoms with E-state index in [0.717, 1.165) is 8.95 Å². The van der Waals surface area contributed by atoms with Crippen molar-refractivity contribution in [1.82, 2.24) is 15.1 Å². The first kappa shape index (κ1) is 14.6. The molecule has 0 fully saturated rings. The molecular formula is C12H13Br2N3O2. The van der Waals surface area contributed by atoms with Crippen molar-refractivity contribution in [2.24, 2.45) is 0 Å². The Balaban J connectivity index is 2.30. The highest BCUT2D eigenvalue weighted by atomic mass is 79.9. The summed E-state index contributed by atoms with van der Waals surface area (Å²) in [4.78, 5) is 8.54. The first-order chi connectivity index (χ1) is 9.02. The molecule has 2 aromatic heterocycles. The summed E-state index contributed by atoms with van der Waals surface area (Å²) >= 11 is 6.75. The Morgan fingerprint density at radius 2 is 2.16 bits per heavy atom. The monoisotopic (exact) mass is 389 g/mol. The van der Waals surface area contributed by atoms with Crippen LogP contribution < -0.4 is 0 Å². The smallest absolute Gasteiger partial charge is 0.232 e. The van der Waals surface area contributed by atoms with Gasteiger partial charge in [0.1, 0.15) is 5.69 Å². The van der Waals surface area contributed by atoms with E-state index in [9.17, 15) is 5.11 Å². The third-order valence-corrected chi connectivity index (χ3v) is 3.88. The van der Waals surface area contributed by atoms with Crippen molar-refractivity contribution >= 4 is 31.9 Å². The average molecular weight is 391 g/mol. The Kier molecular flexibility index (Phi) is 4.70. The fourth-order valence-corrected chi connectivity index (χ4v) is 2.78. The molecule has 0 radical (unpaired) electrons. The van der Waals surface area contributed by atoms with E-state index in [2.05, 4.69) is 47.0 Å². The van der Waals surface area contributed by atoms with Crippen molar-refractivity contribution < 1.29 is 9.63 Å². The van der Waals surface area contributed by atoms with Gasteiger partial charge in [-0.15, -0.1) is 0 Å². The number of aliphatic hydroxyl groups is 1. The van der Waals surface area contributed by atoms with E-state index in [4.69, 9.17) is 4.52 Å². The van der Waals surface area contributed by atoms with Crippen LogP contribution in [0.5, 0.6) is 0 Å². The number of pyridine rings is 1.